The highest BCUT2D eigenvalue weighted by Crippen LogP contribution is 2.32. The molecule has 2 aromatic carbocycles. The van der Waals surface area contributed by atoms with Gasteiger partial charge in [-0.3, -0.25) is 4.79 Å². The van der Waals surface area contributed by atoms with Crippen LogP contribution in [-0.4, -0.2) is 21.1 Å². The first kappa shape index (κ1) is 16.6. The lowest BCUT2D eigenvalue weighted by molar-refractivity contribution is 0.0950. The van der Waals surface area contributed by atoms with Gasteiger partial charge in [-0.25, -0.2) is 13.6 Å². The van der Waals surface area contributed by atoms with E-state index in [9.17, 15) is 13.2 Å². The van der Waals surface area contributed by atoms with Gasteiger partial charge in [0.15, 0.2) is 11.5 Å². The van der Waals surface area contributed by atoms with Gasteiger partial charge in [0.1, 0.15) is 4.90 Å². The molecule has 0 atom stereocenters. The Hall–Kier alpha value is -2.29. The van der Waals surface area contributed by atoms with Crippen LogP contribution in [0.1, 0.15) is 15.9 Å². The van der Waals surface area contributed by atoms with Crippen LogP contribution >= 0.6 is 11.6 Å². The number of ether oxygens (including phenoxy) is 2. The largest absolute Gasteiger partial charge is 0.454 e. The standard InChI is InChI=1S/C15H13ClN2O5S/c16-11-3-2-10(6-14(11)24(17,20)21)15(19)18-7-9-1-4-12-13(5-9)23-8-22-12/h1-6H,7-8H2,(H,18,19)(H2,17,20,21). The number of carbonyl (C=O) groups excluding carboxylic acids is 1. The number of hydrogen-bond acceptors (Lipinski definition) is 5. The van der Waals surface area contributed by atoms with Gasteiger partial charge in [-0.05, 0) is 35.9 Å². The lowest BCUT2D eigenvalue weighted by Crippen LogP contribution is -2.23. The van der Waals surface area contributed by atoms with Gasteiger partial charge in [0.25, 0.3) is 5.91 Å². The highest BCUT2D eigenvalue weighted by molar-refractivity contribution is 7.89. The number of hydrogen-bond donors (Lipinski definition) is 2. The molecule has 1 aliphatic rings. The summed E-state index contributed by atoms with van der Waals surface area (Å²) < 4.78 is 33.4. The minimum Gasteiger partial charge on any atom is -0.454 e. The van der Waals surface area contributed by atoms with Crippen molar-refractivity contribution in [3.8, 4) is 11.5 Å². The molecule has 3 N–H and O–H groups in total. The number of primary sulfonamides is 1. The number of fused-ring (bicyclic) bond motifs is 1. The van der Waals surface area contributed by atoms with Crippen LogP contribution in [-0.2, 0) is 16.6 Å². The molecule has 1 amide bonds. The lowest BCUT2D eigenvalue weighted by Gasteiger charge is -2.08. The van der Waals surface area contributed by atoms with Gasteiger partial charge >= 0.3 is 0 Å². The summed E-state index contributed by atoms with van der Waals surface area (Å²) in [4.78, 5) is 11.9. The Morgan fingerprint density at radius 2 is 1.92 bits per heavy atom. The lowest BCUT2D eigenvalue weighted by atomic mass is 10.1. The first-order chi connectivity index (χ1) is 11.3. The molecule has 1 aliphatic heterocycles. The zero-order valence-electron chi connectivity index (χ0n) is 12.3. The first-order valence-corrected chi connectivity index (χ1v) is 8.76. The van der Waals surface area contributed by atoms with E-state index in [2.05, 4.69) is 5.32 Å². The number of carbonyl (C=O) groups is 1. The summed E-state index contributed by atoms with van der Waals surface area (Å²) in [6, 6.07) is 9.20. The predicted molar refractivity (Wildman–Crippen MR) is 86.6 cm³/mol. The SMILES string of the molecule is NS(=O)(=O)c1cc(C(=O)NCc2ccc3c(c2)OCO3)ccc1Cl. The van der Waals surface area contributed by atoms with Crippen molar-refractivity contribution in [2.75, 3.05) is 6.79 Å². The molecule has 0 aliphatic carbocycles. The van der Waals surface area contributed by atoms with Crippen molar-refractivity contribution in [1.29, 1.82) is 0 Å². The number of sulfonamides is 1. The molecule has 0 radical (unpaired) electrons. The first-order valence-electron chi connectivity index (χ1n) is 6.84. The van der Waals surface area contributed by atoms with E-state index in [0.717, 1.165) is 11.6 Å². The molecular weight excluding hydrogens is 356 g/mol. The quantitative estimate of drug-likeness (QED) is 0.853. The molecule has 0 saturated heterocycles. The number of nitrogens with one attached hydrogen (secondary N) is 1. The molecule has 0 aromatic heterocycles. The van der Waals surface area contributed by atoms with Gasteiger partial charge in [0, 0.05) is 12.1 Å². The monoisotopic (exact) mass is 368 g/mol. The molecule has 7 nitrogen and oxygen atoms in total. The maximum atomic E-state index is 12.2. The molecule has 0 fully saturated rings. The Balaban J connectivity index is 1.74. The minimum absolute atomic E-state index is 0.0372. The molecule has 126 valence electrons. The summed E-state index contributed by atoms with van der Waals surface area (Å²) in [7, 11) is -4.01. The molecule has 2 aromatic rings. The third kappa shape index (κ3) is 3.45. The van der Waals surface area contributed by atoms with E-state index in [1.165, 1.54) is 12.1 Å². The van der Waals surface area contributed by atoms with Crippen LogP contribution < -0.4 is 19.9 Å². The zero-order valence-corrected chi connectivity index (χ0v) is 13.9. The smallest absolute Gasteiger partial charge is 0.251 e. The fourth-order valence-electron chi connectivity index (χ4n) is 2.20. The maximum absolute atomic E-state index is 12.2. The highest BCUT2D eigenvalue weighted by Gasteiger charge is 2.17. The van der Waals surface area contributed by atoms with Crippen LogP contribution in [0.25, 0.3) is 0 Å². The normalized spacial score (nSPS) is 12.9. The van der Waals surface area contributed by atoms with Crippen LogP contribution in [0, 0.1) is 0 Å². The molecule has 1 heterocycles. The average Bonchev–Trinajstić information content (AvgIpc) is 2.99. The number of rotatable bonds is 4. The molecule has 24 heavy (non-hydrogen) atoms. The minimum atomic E-state index is -4.01. The molecule has 0 unspecified atom stereocenters. The third-order valence-corrected chi connectivity index (χ3v) is 4.78. The van der Waals surface area contributed by atoms with Gasteiger partial charge in [-0.15, -0.1) is 0 Å². The summed E-state index contributed by atoms with van der Waals surface area (Å²) in [6.07, 6.45) is 0. The van der Waals surface area contributed by atoms with Gasteiger partial charge in [0.2, 0.25) is 16.8 Å². The number of halogens is 1. The van der Waals surface area contributed by atoms with Crippen LogP contribution in [0.3, 0.4) is 0 Å². The van der Waals surface area contributed by atoms with E-state index >= 15 is 0 Å². The van der Waals surface area contributed by atoms with Crippen LogP contribution in [0.4, 0.5) is 0 Å². The third-order valence-electron chi connectivity index (χ3n) is 3.39. The fraction of sp³-hybridized carbons (Fsp3) is 0.133. The number of amides is 1. The number of nitrogens with two attached hydrogens (primary N) is 1. The van der Waals surface area contributed by atoms with Crippen LogP contribution in [0.5, 0.6) is 11.5 Å². The summed E-state index contributed by atoms with van der Waals surface area (Å²) in [5, 5.41) is 7.73. The summed E-state index contributed by atoms with van der Waals surface area (Å²) >= 11 is 5.80. The van der Waals surface area contributed by atoms with Gasteiger partial charge in [-0.2, -0.15) is 0 Å². The second-order valence-electron chi connectivity index (χ2n) is 5.06. The van der Waals surface area contributed by atoms with Gasteiger partial charge < -0.3 is 14.8 Å². The van der Waals surface area contributed by atoms with Crippen molar-refractivity contribution >= 4 is 27.5 Å². The van der Waals surface area contributed by atoms with Crippen molar-refractivity contribution in [2.45, 2.75) is 11.4 Å². The van der Waals surface area contributed by atoms with E-state index < -0.39 is 15.9 Å². The summed E-state index contributed by atoms with van der Waals surface area (Å²) in [5.74, 6) is 0.819. The second kappa shape index (κ2) is 6.31. The summed E-state index contributed by atoms with van der Waals surface area (Å²) in [5.41, 5.74) is 0.956. The Kier molecular flexibility index (Phi) is 4.35. The molecule has 0 spiro atoms. The topological polar surface area (TPSA) is 108 Å². The van der Waals surface area contributed by atoms with Crippen molar-refractivity contribution in [2.24, 2.45) is 5.14 Å². The molecular formula is C15H13ClN2O5S. The van der Waals surface area contributed by atoms with Crippen molar-refractivity contribution in [1.82, 2.24) is 5.32 Å². The van der Waals surface area contributed by atoms with Crippen LogP contribution in [0.2, 0.25) is 5.02 Å². The summed E-state index contributed by atoms with van der Waals surface area (Å²) in [6.45, 7) is 0.412. The Labute approximate surface area is 143 Å². The van der Waals surface area contributed by atoms with Crippen molar-refractivity contribution < 1.29 is 22.7 Å². The zero-order chi connectivity index (χ0) is 17.3. The Bertz CT molecular complexity index is 914. The Morgan fingerprint density at radius 3 is 2.67 bits per heavy atom. The average molecular weight is 369 g/mol. The van der Waals surface area contributed by atoms with Crippen molar-refractivity contribution in [3.05, 3.63) is 52.5 Å². The van der Waals surface area contributed by atoms with Gasteiger partial charge in [0.05, 0.1) is 5.02 Å². The van der Waals surface area contributed by atoms with E-state index in [1.807, 2.05) is 0 Å². The second-order valence-corrected chi connectivity index (χ2v) is 7.00. The van der Waals surface area contributed by atoms with Crippen LogP contribution in [0.15, 0.2) is 41.3 Å². The maximum Gasteiger partial charge on any atom is 0.251 e. The Morgan fingerprint density at radius 1 is 1.17 bits per heavy atom. The molecule has 9 heteroatoms. The van der Waals surface area contributed by atoms with Gasteiger partial charge in [-0.1, -0.05) is 17.7 Å². The van der Waals surface area contributed by atoms with E-state index in [1.54, 1.807) is 18.2 Å². The highest BCUT2D eigenvalue weighted by atomic mass is 35.5. The predicted octanol–water partition coefficient (Wildman–Crippen LogP) is 1.65. The van der Waals surface area contributed by atoms with E-state index in [-0.39, 0.29) is 28.8 Å². The molecule has 0 saturated carbocycles. The fourth-order valence-corrected chi connectivity index (χ4v) is 3.27. The molecule has 3 rings (SSSR count). The van der Waals surface area contributed by atoms with E-state index in [0.29, 0.717) is 11.5 Å². The molecule has 0 bridgehead atoms. The number of benzene rings is 2. The van der Waals surface area contributed by atoms with Crippen molar-refractivity contribution in [3.63, 3.8) is 0 Å². The van der Waals surface area contributed by atoms with E-state index in [4.69, 9.17) is 26.2 Å².